The Labute approximate surface area is 153 Å². The molecule has 7 heteroatoms. The van der Waals surface area contributed by atoms with Gasteiger partial charge in [0.1, 0.15) is 11.6 Å². The van der Waals surface area contributed by atoms with E-state index < -0.39 is 11.6 Å². The van der Waals surface area contributed by atoms with Crippen LogP contribution in [0.25, 0.3) is 0 Å². The van der Waals surface area contributed by atoms with E-state index in [1.54, 1.807) is 7.05 Å². The maximum atomic E-state index is 13.8. The summed E-state index contributed by atoms with van der Waals surface area (Å²) in [6.45, 7) is 4.76. The highest BCUT2D eigenvalue weighted by Crippen LogP contribution is 2.30. The van der Waals surface area contributed by atoms with E-state index >= 15 is 0 Å². The van der Waals surface area contributed by atoms with Crippen LogP contribution in [0, 0.1) is 11.6 Å². The van der Waals surface area contributed by atoms with Crippen molar-refractivity contribution in [2.45, 2.75) is 37.8 Å². The molecule has 2 aliphatic heterocycles. The summed E-state index contributed by atoms with van der Waals surface area (Å²) >= 11 is 0. The molecule has 2 aliphatic rings. The van der Waals surface area contributed by atoms with Gasteiger partial charge in [-0.15, -0.1) is 0 Å². The van der Waals surface area contributed by atoms with Crippen molar-refractivity contribution in [3.05, 3.63) is 35.4 Å². The number of aliphatic imine (C=N–C) groups is 1. The molecule has 0 saturated carbocycles. The predicted molar refractivity (Wildman–Crippen MR) is 98.2 cm³/mol. The number of hydrogen-bond acceptors (Lipinski definition) is 3. The molecule has 2 heterocycles. The Morgan fingerprint density at radius 2 is 1.92 bits per heavy atom. The molecule has 0 amide bonds. The van der Waals surface area contributed by atoms with Gasteiger partial charge < -0.3 is 15.4 Å². The standard InChI is InChI=1S/C19H28F2N4O/c1-22-18(23-13-15-12-16(20)4-5-17(15)21)24-14-19(6-10-26-11-7-19)25-8-2-3-9-25/h4-5,12H,2-3,6-11,13-14H2,1H3,(H2,22,23,24). The maximum Gasteiger partial charge on any atom is 0.191 e. The Hall–Kier alpha value is -1.73. The average molecular weight is 366 g/mol. The Kier molecular flexibility index (Phi) is 6.43. The number of benzene rings is 1. The molecule has 3 rings (SSSR count). The third-order valence-electron chi connectivity index (χ3n) is 5.46. The molecular formula is C19H28F2N4O. The minimum Gasteiger partial charge on any atom is -0.381 e. The zero-order valence-corrected chi connectivity index (χ0v) is 15.4. The van der Waals surface area contributed by atoms with Gasteiger partial charge in [-0.2, -0.15) is 0 Å². The van der Waals surface area contributed by atoms with E-state index in [-0.39, 0.29) is 17.6 Å². The second-order valence-electron chi connectivity index (χ2n) is 7.05. The molecule has 0 spiro atoms. The molecule has 0 bridgehead atoms. The molecule has 2 fully saturated rings. The molecule has 5 nitrogen and oxygen atoms in total. The van der Waals surface area contributed by atoms with Crippen LogP contribution in [0.4, 0.5) is 8.78 Å². The van der Waals surface area contributed by atoms with Crippen molar-refractivity contribution >= 4 is 5.96 Å². The monoisotopic (exact) mass is 366 g/mol. The maximum absolute atomic E-state index is 13.8. The van der Waals surface area contributed by atoms with Gasteiger partial charge in [-0.05, 0) is 57.0 Å². The Morgan fingerprint density at radius 3 is 2.62 bits per heavy atom. The number of nitrogens with one attached hydrogen (secondary N) is 2. The number of ether oxygens (including phenoxy) is 1. The van der Waals surface area contributed by atoms with Crippen molar-refractivity contribution in [2.24, 2.45) is 4.99 Å². The summed E-state index contributed by atoms with van der Waals surface area (Å²) in [6.07, 6.45) is 4.48. The first-order valence-corrected chi connectivity index (χ1v) is 9.34. The van der Waals surface area contributed by atoms with Gasteiger partial charge in [-0.3, -0.25) is 9.89 Å². The van der Waals surface area contributed by atoms with Crippen LogP contribution in [0.15, 0.2) is 23.2 Å². The number of hydrogen-bond donors (Lipinski definition) is 2. The molecular weight excluding hydrogens is 338 g/mol. The van der Waals surface area contributed by atoms with Gasteiger partial charge in [0.2, 0.25) is 0 Å². The van der Waals surface area contributed by atoms with Gasteiger partial charge in [-0.25, -0.2) is 8.78 Å². The highest BCUT2D eigenvalue weighted by molar-refractivity contribution is 5.79. The lowest BCUT2D eigenvalue weighted by Gasteiger charge is -2.45. The summed E-state index contributed by atoms with van der Waals surface area (Å²) in [5.41, 5.74) is 0.365. The van der Waals surface area contributed by atoms with Crippen LogP contribution < -0.4 is 10.6 Å². The highest BCUT2D eigenvalue weighted by atomic mass is 19.1. The van der Waals surface area contributed by atoms with Crippen LogP contribution in [-0.4, -0.2) is 56.3 Å². The van der Waals surface area contributed by atoms with E-state index in [1.165, 1.54) is 18.9 Å². The fraction of sp³-hybridized carbons (Fsp3) is 0.632. The average Bonchev–Trinajstić information content (AvgIpc) is 3.21. The zero-order valence-electron chi connectivity index (χ0n) is 15.4. The van der Waals surface area contributed by atoms with Crippen molar-refractivity contribution in [1.29, 1.82) is 0 Å². The lowest BCUT2D eigenvalue weighted by molar-refractivity contribution is -0.0164. The van der Waals surface area contributed by atoms with Crippen LogP contribution in [-0.2, 0) is 11.3 Å². The van der Waals surface area contributed by atoms with Gasteiger partial charge in [-0.1, -0.05) is 0 Å². The topological polar surface area (TPSA) is 48.9 Å². The number of nitrogens with zero attached hydrogens (tertiary/aromatic N) is 2. The summed E-state index contributed by atoms with van der Waals surface area (Å²) in [4.78, 5) is 6.80. The summed E-state index contributed by atoms with van der Waals surface area (Å²) in [5, 5.41) is 6.47. The minimum absolute atomic E-state index is 0.0798. The second-order valence-corrected chi connectivity index (χ2v) is 7.05. The molecule has 1 aromatic carbocycles. The zero-order chi connectivity index (χ0) is 18.4. The summed E-state index contributed by atoms with van der Waals surface area (Å²) in [7, 11) is 1.68. The van der Waals surface area contributed by atoms with Crippen molar-refractivity contribution in [3.63, 3.8) is 0 Å². The molecule has 0 aliphatic carbocycles. The third-order valence-corrected chi connectivity index (χ3v) is 5.46. The normalized spacial score (nSPS) is 21.0. The van der Waals surface area contributed by atoms with Crippen LogP contribution >= 0.6 is 0 Å². The van der Waals surface area contributed by atoms with Gasteiger partial charge in [0, 0.05) is 44.5 Å². The van der Waals surface area contributed by atoms with Crippen LogP contribution in [0.2, 0.25) is 0 Å². The van der Waals surface area contributed by atoms with Gasteiger partial charge in [0.25, 0.3) is 0 Å². The van der Waals surface area contributed by atoms with Crippen LogP contribution in [0.1, 0.15) is 31.2 Å². The molecule has 0 radical (unpaired) electrons. The van der Waals surface area contributed by atoms with E-state index in [1.807, 2.05) is 0 Å². The number of rotatable bonds is 5. The van der Waals surface area contributed by atoms with E-state index in [4.69, 9.17) is 4.74 Å². The molecule has 2 saturated heterocycles. The smallest absolute Gasteiger partial charge is 0.191 e. The highest BCUT2D eigenvalue weighted by Gasteiger charge is 2.39. The number of guanidine groups is 1. The summed E-state index contributed by atoms with van der Waals surface area (Å²) in [5.74, 6) is -0.271. The quantitative estimate of drug-likeness (QED) is 0.620. The first-order valence-electron chi connectivity index (χ1n) is 9.34. The van der Waals surface area contributed by atoms with E-state index in [0.29, 0.717) is 5.96 Å². The largest absolute Gasteiger partial charge is 0.381 e. The van der Waals surface area contributed by atoms with Gasteiger partial charge in [0.15, 0.2) is 5.96 Å². The molecule has 1 aromatic rings. The SMILES string of the molecule is CN=C(NCc1cc(F)ccc1F)NCC1(N2CCCC2)CCOCC1. The Morgan fingerprint density at radius 1 is 1.19 bits per heavy atom. The van der Waals surface area contributed by atoms with Gasteiger partial charge in [0.05, 0.1) is 0 Å². The predicted octanol–water partition coefficient (Wildman–Crippen LogP) is 2.27. The Bertz CT molecular complexity index is 626. The minimum atomic E-state index is -0.443. The van der Waals surface area contributed by atoms with Crippen molar-refractivity contribution < 1.29 is 13.5 Å². The number of halogens is 2. The van der Waals surface area contributed by atoms with Gasteiger partial charge >= 0.3 is 0 Å². The lowest BCUT2D eigenvalue weighted by Crippen LogP contribution is -2.58. The van der Waals surface area contributed by atoms with Crippen LogP contribution in [0.3, 0.4) is 0 Å². The van der Waals surface area contributed by atoms with E-state index in [0.717, 1.165) is 57.8 Å². The van der Waals surface area contributed by atoms with E-state index in [9.17, 15) is 8.78 Å². The van der Waals surface area contributed by atoms with Crippen molar-refractivity contribution in [2.75, 3.05) is 39.9 Å². The van der Waals surface area contributed by atoms with E-state index in [2.05, 4.69) is 20.5 Å². The summed E-state index contributed by atoms with van der Waals surface area (Å²) in [6, 6.07) is 3.48. The molecule has 0 aromatic heterocycles. The molecule has 0 unspecified atom stereocenters. The molecule has 0 atom stereocenters. The molecule has 144 valence electrons. The Balaban J connectivity index is 1.59. The third kappa shape index (κ3) is 4.51. The first-order chi connectivity index (χ1) is 12.6. The molecule has 2 N–H and O–H groups in total. The van der Waals surface area contributed by atoms with Crippen molar-refractivity contribution in [1.82, 2.24) is 15.5 Å². The second kappa shape index (κ2) is 8.77. The molecule has 26 heavy (non-hydrogen) atoms. The fourth-order valence-corrected chi connectivity index (χ4v) is 3.87. The first kappa shape index (κ1) is 19.0. The fourth-order valence-electron chi connectivity index (χ4n) is 3.87. The van der Waals surface area contributed by atoms with Crippen molar-refractivity contribution in [3.8, 4) is 0 Å². The lowest BCUT2D eigenvalue weighted by atomic mass is 9.88. The number of likely N-dealkylation sites (tertiary alicyclic amines) is 1. The van der Waals surface area contributed by atoms with Crippen LogP contribution in [0.5, 0.6) is 0 Å². The summed E-state index contributed by atoms with van der Waals surface area (Å²) < 4.78 is 32.7.